The molecule has 170 valence electrons. The summed E-state index contributed by atoms with van der Waals surface area (Å²) in [5, 5.41) is 21.9. The second kappa shape index (κ2) is 10.9. The van der Waals surface area contributed by atoms with Crippen molar-refractivity contribution in [2.45, 2.75) is 12.1 Å². The molecule has 1 N–H and O–H groups in total. The minimum absolute atomic E-state index is 0.0878. The van der Waals surface area contributed by atoms with Gasteiger partial charge >= 0.3 is 0 Å². The van der Waals surface area contributed by atoms with Gasteiger partial charge in [0, 0.05) is 16.3 Å². The van der Waals surface area contributed by atoms with Crippen LogP contribution in [0.5, 0.6) is 5.75 Å². The van der Waals surface area contributed by atoms with Crippen LogP contribution in [0.2, 0.25) is 5.02 Å². The minimum atomic E-state index is -0.252. The fourth-order valence-electron chi connectivity index (χ4n) is 3.27. The second-order valence-electron chi connectivity index (χ2n) is 7.07. The van der Waals surface area contributed by atoms with Crippen molar-refractivity contribution in [2.75, 3.05) is 17.7 Å². The van der Waals surface area contributed by atoms with Crippen molar-refractivity contribution < 1.29 is 9.53 Å². The molecule has 3 aromatic carbocycles. The largest absolute Gasteiger partial charge is 0.494 e. The molecule has 0 unspecified atom stereocenters. The molecule has 0 spiro atoms. The third kappa shape index (κ3) is 5.39. The molecule has 0 fully saturated rings. The molecule has 0 aliphatic carbocycles. The summed E-state index contributed by atoms with van der Waals surface area (Å²) in [6, 6.07) is 23.9. The number of hydrogen-bond acceptors (Lipinski definition) is 6. The molecule has 0 saturated carbocycles. The number of aromatic nitrogens is 3. The zero-order valence-electron chi connectivity index (χ0n) is 18.2. The summed E-state index contributed by atoms with van der Waals surface area (Å²) in [4.78, 5) is 12.6. The number of anilines is 1. The molecule has 7 nitrogen and oxygen atoms in total. The van der Waals surface area contributed by atoms with Gasteiger partial charge in [-0.2, -0.15) is 5.26 Å². The first-order valence-corrected chi connectivity index (χ1v) is 11.8. The molecule has 0 aliphatic rings. The van der Waals surface area contributed by atoms with Crippen LogP contribution in [-0.4, -0.2) is 33.0 Å². The number of nitriles is 1. The predicted molar refractivity (Wildman–Crippen MR) is 133 cm³/mol. The van der Waals surface area contributed by atoms with Gasteiger partial charge in [0.05, 0.1) is 23.6 Å². The van der Waals surface area contributed by atoms with Crippen LogP contribution in [0, 0.1) is 11.3 Å². The summed E-state index contributed by atoms with van der Waals surface area (Å²) in [7, 11) is 0. The van der Waals surface area contributed by atoms with Crippen LogP contribution in [0.3, 0.4) is 0 Å². The van der Waals surface area contributed by atoms with Gasteiger partial charge in [-0.05, 0) is 55.5 Å². The number of nitrogens with one attached hydrogen (secondary N) is 1. The molecule has 0 aliphatic heterocycles. The number of nitrogens with zero attached hydrogens (tertiary/aromatic N) is 4. The second-order valence-corrected chi connectivity index (χ2v) is 8.45. The number of hydrogen-bond donors (Lipinski definition) is 1. The molecule has 34 heavy (non-hydrogen) atoms. The Morgan fingerprint density at radius 1 is 1.12 bits per heavy atom. The standard InChI is InChI=1S/C25H20ClN5O2S/c1-2-33-21-12-10-20(11-13-21)31-24(17-7-5-8-19(26)14-17)29-30-25(31)34-16-23(32)28-22-9-4-3-6-18(22)15-27/h3-14H,2,16H2,1H3,(H,28,32). The molecule has 1 amide bonds. The number of carbonyl (C=O) groups excluding carboxylic acids is 1. The van der Waals surface area contributed by atoms with Crippen molar-refractivity contribution in [3.63, 3.8) is 0 Å². The average molecular weight is 490 g/mol. The van der Waals surface area contributed by atoms with E-state index in [2.05, 4.69) is 21.6 Å². The van der Waals surface area contributed by atoms with Gasteiger partial charge in [0.1, 0.15) is 11.8 Å². The third-order valence-electron chi connectivity index (χ3n) is 4.78. The van der Waals surface area contributed by atoms with E-state index < -0.39 is 0 Å². The lowest BCUT2D eigenvalue weighted by Crippen LogP contribution is -2.15. The van der Waals surface area contributed by atoms with Crippen LogP contribution in [0.1, 0.15) is 12.5 Å². The maximum absolute atomic E-state index is 12.6. The smallest absolute Gasteiger partial charge is 0.234 e. The Bertz CT molecular complexity index is 1350. The third-order valence-corrected chi connectivity index (χ3v) is 5.94. The van der Waals surface area contributed by atoms with Crippen molar-refractivity contribution in [1.29, 1.82) is 5.26 Å². The summed E-state index contributed by atoms with van der Waals surface area (Å²) in [5.74, 6) is 1.20. The van der Waals surface area contributed by atoms with E-state index in [-0.39, 0.29) is 11.7 Å². The Hall–Kier alpha value is -3.80. The average Bonchev–Trinajstić information content (AvgIpc) is 3.28. The monoisotopic (exact) mass is 489 g/mol. The van der Waals surface area contributed by atoms with Crippen LogP contribution in [0.25, 0.3) is 17.1 Å². The van der Waals surface area contributed by atoms with E-state index in [1.807, 2.05) is 54.0 Å². The molecule has 0 atom stereocenters. The summed E-state index contributed by atoms with van der Waals surface area (Å²) < 4.78 is 7.43. The van der Waals surface area contributed by atoms with Gasteiger partial charge in [0.25, 0.3) is 0 Å². The molecule has 1 heterocycles. The van der Waals surface area contributed by atoms with Gasteiger partial charge in [0.15, 0.2) is 11.0 Å². The number of rotatable bonds is 8. The molecule has 0 radical (unpaired) electrons. The highest BCUT2D eigenvalue weighted by molar-refractivity contribution is 7.99. The van der Waals surface area contributed by atoms with E-state index in [0.717, 1.165) is 17.0 Å². The number of benzene rings is 3. The Labute approximate surface area is 206 Å². The Morgan fingerprint density at radius 3 is 2.65 bits per heavy atom. The summed E-state index contributed by atoms with van der Waals surface area (Å²) in [6.45, 7) is 2.50. The fraction of sp³-hybridized carbons (Fsp3) is 0.120. The minimum Gasteiger partial charge on any atom is -0.494 e. The van der Waals surface area contributed by atoms with Crippen molar-refractivity contribution >= 4 is 35.0 Å². The topological polar surface area (TPSA) is 92.8 Å². The number of thioether (sulfide) groups is 1. The van der Waals surface area contributed by atoms with E-state index in [4.69, 9.17) is 16.3 Å². The first kappa shape index (κ1) is 23.4. The highest BCUT2D eigenvalue weighted by Gasteiger charge is 2.18. The number of carbonyl (C=O) groups is 1. The zero-order chi connectivity index (χ0) is 23.9. The Morgan fingerprint density at radius 2 is 1.91 bits per heavy atom. The molecule has 4 rings (SSSR count). The normalized spacial score (nSPS) is 10.5. The molecule has 9 heteroatoms. The summed E-state index contributed by atoms with van der Waals surface area (Å²) >= 11 is 7.45. The van der Waals surface area contributed by atoms with Gasteiger partial charge in [-0.1, -0.05) is 47.6 Å². The van der Waals surface area contributed by atoms with Gasteiger partial charge < -0.3 is 10.1 Å². The maximum atomic E-state index is 12.6. The van der Waals surface area contributed by atoms with Crippen molar-refractivity contribution in [3.05, 3.63) is 83.4 Å². The predicted octanol–water partition coefficient (Wildman–Crippen LogP) is 5.59. The van der Waals surface area contributed by atoms with Crippen LogP contribution < -0.4 is 10.1 Å². The molecule has 0 bridgehead atoms. The highest BCUT2D eigenvalue weighted by atomic mass is 35.5. The molecular weight excluding hydrogens is 470 g/mol. The number of ether oxygens (including phenoxy) is 1. The van der Waals surface area contributed by atoms with E-state index in [1.54, 1.807) is 30.3 Å². The van der Waals surface area contributed by atoms with E-state index >= 15 is 0 Å². The van der Waals surface area contributed by atoms with Gasteiger partial charge in [-0.3, -0.25) is 9.36 Å². The summed E-state index contributed by atoms with van der Waals surface area (Å²) in [5.41, 5.74) is 2.50. The lowest BCUT2D eigenvalue weighted by molar-refractivity contribution is -0.113. The van der Waals surface area contributed by atoms with Crippen LogP contribution in [0.4, 0.5) is 5.69 Å². The van der Waals surface area contributed by atoms with Crippen molar-refractivity contribution in [3.8, 4) is 28.9 Å². The van der Waals surface area contributed by atoms with Crippen LogP contribution >= 0.6 is 23.4 Å². The maximum Gasteiger partial charge on any atom is 0.234 e. The van der Waals surface area contributed by atoms with Crippen LogP contribution in [-0.2, 0) is 4.79 Å². The molecular formula is C25H20ClN5O2S. The van der Waals surface area contributed by atoms with Gasteiger partial charge in [-0.15, -0.1) is 10.2 Å². The van der Waals surface area contributed by atoms with Crippen molar-refractivity contribution in [1.82, 2.24) is 14.8 Å². The molecule has 0 saturated heterocycles. The number of para-hydroxylation sites is 1. The van der Waals surface area contributed by atoms with Gasteiger partial charge in [-0.25, -0.2) is 0 Å². The fourth-order valence-corrected chi connectivity index (χ4v) is 4.22. The first-order chi connectivity index (χ1) is 16.6. The van der Waals surface area contributed by atoms with E-state index in [1.165, 1.54) is 11.8 Å². The number of amides is 1. The van der Waals surface area contributed by atoms with Crippen LogP contribution in [0.15, 0.2) is 78.0 Å². The molecule has 1 aromatic heterocycles. The first-order valence-electron chi connectivity index (χ1n) is 10.5. The summed E-state index contributed by atoms with van der Waals surface area (Å²) in [6.07, 6.45) is 0. The SMILES string of the molecule is CCOc1ccc(-n2c(SCC(=O)Nc3ccccc3C#N)nnc2-c2cccc(Cl)c2)cc1. The molecule has 4 aromatic rings. The quantitative estimate of drug-likeness (QED) is 0.324. The van der Waals surface area contributed by atoms with E-state index in [9.17, 15) is 10.1 Å². The number of halogens is 1. The van der Waals surface area contributed by atoms with E-state index in [0.29, 0.717) is 33.9 Å². The Balaban J connectivity index is 1.62. The lowest BCUT2D eigenvalue weighted by atomic mass is 10.2. The zero-order valence-corrected chi connectivity index (χ0v) is 19.8. The lowest BCUT2D eigenvalue weighted by Gasteiger charge is -2.12. The highest BCUT2D eigenvalue weighted by Crippen LogP contribution is 2.30. The van der Waals surface area contributed by atoms with Gasteiger partial charge in [0.2, 0.25) is 5.91 Å². The van der Waals surface area contributed by atoms with Crippen molar-refractivity contribution in [2.24, 2.45) is 0 Å². The Kier molecular flexibility index (Phi) is 7.48.